The molecule has 1 unspecified atom stereocenters. The Morgan fingerprint density at radius 2 is 2.00 bits per heavy atom. The highest BCUT2D eigenvalue weighted by molar-refractivity contribution is 5.99. The van der Waals surface area contributed by atoms with Crippen LogP contribution in [-0.2, 0) is 0 Å². The zero-order valence-electron chi connectivity index (χ0n) is 13.6. The molecule has 1 amide bonds. The average molecular weight is 308 g/mol. The number of amides is 1. The molecule has 2 heterocycles. The van der Waals surface area contributed by atoms with Crippen molar-refractivity contribution in [3.05, 3.63) is 65.1 Å². The Morgan fingerprint density at radius 3 is 2.74 bits per heavy atom. The predicted molar refractivity (Wildman–Crippen MR) is 89.7 cm³/mol. The summed E-state index contributed by atoms with van der Waals surface area (Å²) in [4.78, 5) is 16.9. The maximum absolute atomic E-state index is 12.5. The third-order valence-electron chi connectivity index (χ3n) is 3.96. The highest BCUT2D eigenvalue weighted by Crippen LogP contribution is 2.15. The van der Waals surface area contributed by atoms with Gasteiger partial charge in [-0.2, -0.15) is 5.10 Å². The van der Waals surface area contributed by atoms with E-state index in [1.807, 2.05) is 38.1 Å². The first-order valence-electron chi connectivity index (χ1n) is 7.71. The molecule has 5 nitrogen and oxygen atoms in total. The number of rotatable bonds is 4. The lowest BCUT2D eigenvalue weighted by molar-refractivity contribution is 0.0953. The molecule has 0 aliphatic carbocycles. The molecule has 1 N–H and O–H groups in total. The highest BCUT2D eigenvalue weighted by atomic mass is 16.1. The van der Waals surface area contributed by atoms with Crippen LogP contribution in [0.1, 0.15) is 40.2 Å². The Balaban J connectivity index is 1.76. The van der Waals surface area contributed by atoms with E-state index in [9.17, 15) is 4.79 Å². The summed E-state index contributed by atoms with van der Waals surface area (Å²) in [5, 5.41) is 7.24. The van der Waals surface area contributed by atoms with Crippen molar-refractivity contribution in [2.75, 3.05) is 6.54 Å². The number of nitrogens with one attached hydrogen (secondary N) is 1. The second-order valence-electron chi connectivity index (χ2n) is 5.85. The summed E-state index contributed by atoms with van der Waals surface area (Å²) in [6, 6.07) is 12.1. The largest absolute Gasteiger partial charge is 0.351 e. The van der Waals surface area contributed by atoms with E-state index in [0.29, 0.717) is 17.8 Å². The Hall–Kier alpha value is -2.69. The van der Waals surface area contributed by atoms with Gasteiger partial charge in [-0.05, 0) is 31.4 Å². The van der Waals surface area contributed by atoms with Gasteiger partial charge in [-0.1, -0.05) is 37.3 Å². The fourth-order valence-corrected chi connectivity index (χ4v) is 2.67. The number of aryl methyl sites for hydroxylation is 2. The van der Waals surface area contributed by atoms with Gasteiger partial charge in [-0.15, -0.1) is 0 Å². The van der Waals surface area contributed by atoms with Gasteiger partial charge in [-0.3, -0.25) is 4.79 Å². The topological polar surface area (TPSA) is 59.3 Å². The van der Waals surface area contributed by atoms with Crippen LogP contribution in [0.2, 0.25) is 0 Å². The molecule has 0 aliphatic rings. The van der Waals surface area contributed by atoms with Crippen molar-refractivity contribution in [1.29, 1.82) is 0 Å². The molecule has 0 aliphatic heterocycles. The van der Waals surface area contributed by atoms with Crippen LogP contribution in [0.4, 0.5) is 0 Å². The molecule has 3 rings (SSSR count). The number of carbonyl (C=O) groups excluding carboxylic acids is 1. The lowest BCUT2D eigenvalue weighted by Gasteiger charge is -2.12. The van der Waals surface area contributed by atoms with Crippen molar-refractivity contribution < 1.29 is 4.79 Å². The quantitative estimate of drug-likeness (QED) is 0.806. The van der Waals surface area contributed by atoms with Crippen LogP contribution in [0, 0.1) is 13.8 Å². The van der Waals surface area contributed by atoms with Crippen LogP contribution in [0.3, 0.4) is 0 Å². The average Bonchev–Trinajstić information content (AvgIpc) is 2.97. The summed E-state index contributed by atoms with van der Waals surface area (Å²) in [6.45, 7) is 6.54. The van der Waals surface area contributed by atoms with E-state index in [1.165, 1.54) is 5.56 Å². The molecule has 1 aromatic carbocycles. The normalized spacial score (nSPS) is 12.3. The van der Waals surface area contributed by atoms with Gasteiger partial charge in [0.05, 0.1) is 6.20 Å². The molecule has 0 radical (unpaired) electrons. The third kappa shape index (κ3) is 3.08. The van der Waals surface area contributed by atoms with Gasteiger partial charge in [0.25, 0.3) is 5.91 Å². The van der Waals surface area contributed by atoms with Crippen LogP contribution in [0.5, 0.6) is 0 Å². The summed E-state index contributed by atoms with van der Waals surface area (Å²) in [5.41, 5.74) is 4.16. The summed E-state index contributed by atoms with van der Waals surface area (Å²) in [7, 11) is 0. The fourth-order valence-electron chi connectivity index (χ4n) is 2.67. The fraction of sp³-hybridized carbons (Fsp3) is 0.278. The van der Waals surface area contributed by atoms with Gasteiger partial charge in [0.2, 0.25) is 0 Å². The van der Waals surface area contributed by atoms with Crippen molar-refractivity contribution >= 4 is 11.6 Å². The molecule has 2 aromatic heterocycles. The van der Waals surface area contributed by atoms with Crippen LogP contribution in [0.25, 0.3) is 5.65 Å². The first-order valence-corrected chi connectivity index (χ1v) is 7.71. The minimum absolute atomic E-state index is 0.139. The smallest absolute Gasteiger partial charge is 0.256 e. The predicted octanol–water partition coefficient (Wildman–Crippen LogP) is 2.88. The lowest BCUT2D eigenvalue weighted by Crippen LogP contribution is -2.27. The van der Waals surface area contributed by atoms with Gasteiger partial charge in [0, 0.05) is 17.9 Å². The maximum Gasteiger partial charge on any atom is 0.256 e. The summed E-state index contributed by atoms with van der Waals surface area (Å²) in [5.74, 6) is 0.110. The van der Waals surface area contributed by atoms with Crippen LogP contribution < -0.4 is 5.32 Å². The Kier molecular flexibility index (Phi) is 4.10. The second kappa shape index (κ2) is 6.20. The van der Waals surface area contributed by atoms with Crippen LogP contribution in [-0.4, -0.2) is 27.0 Å². The van der Waals surface area contributed by atoms with Crippen LogP contribution >= 0.6 is 0 Å². The zero-order chi connectivity index (χ0) is 16.4. The van der Waals surface area contributed by atoms with Crippen LogP contribution in [0.15, 0.2) is 42.6 Å². The van der Waals surface area contributed by atoms with Crippen molar-refractivity contribution in [2.45, 2.75) is 26.7 Å². The molecule has 5 heteroatoms. The lowest BCUT2D eigenvalue weighted by atomic mass is 10.0. The number of aromatic nitrogens is 3. The Morgan fingerprint density at radius 1 is 1.26 bits per heavy atom. The van der Waals surface area contributed by atoms with E-state index in [4.69, 9.17) is 0 Å². The van der Waals surface area contributed by atoms with E-state index < -0.39 is 0 Å². The Labute approximate surface area is 135 Å². The third-order valence-corrected chi connectivity index (χ3v) is 3.96. The SMILES string of the molecule is Cc1cc(C)n2ncc(C(=O)NCC(C)c3ccccc3)c2n1. The first kappa shape index (κ1) is 15.2. The molecule has 0 fully saturated rings. The molecule has 118 valence electrons. The number of carbonyl (C=O) groups is 1. The zero-order valence-corrected chi connectivity index (χ0v) is 13.6. The molecule has 3 aromatic rings. The maximum atomic E-state index is 12.5. The van der Waals surface area contributed by atoms with Gasteiger partial charge in [0.15, 0.2) is 5.65 Å². The van der Waals surface area contributed by atoms with Crippen molar-refractivity contribution in [3.8, 4) is 0 Å². The standard InChI is InChI=1S/C18H20N4O/c1-12(15-7-5-4-6-8-15)10-19-18(23)16-11-20-22-14(3)9-13(2)21-17(16)22/h4-9,11-12H,10H2,1-3H3,(H,19,23). The van der Waals surface area contributed by atoms with Gasteiger partial charge < -0.3 is 5.32 Å². The molecule has 0 saturated carbocycles. The van der Waals surface area contributed by atoms with Crippen molar-refractivity contribution in [3.63, 3.8) is 0 Å². The molecule has 23 heavy (non-hydrogen) atoms. The van der Waals surface area contributed by atoms with Crippen molar-refractivity contribution in [1.82, 2.24) is 19.9 Å². The molecule has 0 spiro atoms. The number of fused-ring (bicyclic) bond motifs is 1. The molecule has 1 atom stereocenters. The van der Waals surface area contributed by atoms with Gasteiger partial charge in [0.1, 0.15) is 5.56 Å². The minimum atomic E-state index is -0.139. The van der Waals surface area contributed by atoms with Gasteiger partial charge in [-0.25, -0.2) is 9.50 Å². The van der Waals surface area contributed by atoms with E-state index >= 15 is 0 Å². The Bertz CT molecular complexity index is 839. The summed E-state index contributed by atoms with van der Waals surface area (Å²) < 4.78 is 1.70. The first-order chi connectivity index (χ1) is 11.1. The minimum Gasteiger partial charge on any atom is -0.351 e. The molecular weight excluding hydrogens is 288 g/mol. The van der Waals surface area contributed by atoms with E-state index in [-0.39, 0.29) is 11.8 Å². The number of hydrogen-bond donors (Lipinski definition) is 1. The number of benzene rings is 1. The molecular formula is C18H20N4O. The van der Waals surface area contributed by atoms with E-state index in [1.54, 1.807) is 10.7 Å². The molecule has 0 bridgehead atoms. The summed E-state index contributed by atoms with van der Waals surface area (Å²) in [6.07, 6.45) is 1.58. The number of hydrogen-bond acceptors (Lipinski definition) is 3. The van der Waals surface area contributed by atoms with Crippen molar-refractivity contribution in [2.24, 2.45) is 0 Å². The monoisotopic (exact) mass is 308 g/mol. The molecule has 0 saturated heterocycles. The highest BCUT2D eigenvalue weighted by Gasteiger charge is 2.16. The second-order valence-corrected chi connectivity index (χ2v) is 5.85. The van der Waals surface area contributed by atoms with E-state index in [0.717, 1.165) is 11.4 Å². The number of nitrogens with zero attached hydrogens (tertiary/aromatic N) is 3. The summed E-state index contributed by atoms with van der Waals surface area (Å²) >= 11 is 0. The van der Waals surface area contributed by atoms with Gasteiger partial charge >= 0.3 is 0 Å². The van der Waals surface area contributed by atoms with E-state index in [2.05, 4.69) is 34.5 Å².